The van der Waals surface area contributed by atoms with Gasteiger partial charge in [-0.25, -0.2) is 9.67 Å². The normalized spacial score (nSPS) is 16.0. The molecular formula is C23H25N7O2. The molecule has 1 aliphatic rings. The van der Waals surface area contributed by atoms with Crippen LogP contribution in [0.1, 0.15) is 30.5 Å². The number of aryl methyl sites for hydroxylation is 2. The lowest BCUT2D eigenvalue weighted by molar-refractivity contribution is 0.0994. The van der Waals surface area contributed by atoms with Crippen molar-refractivity contribution in [2.75, 3.05) is 6.61 Å². The molecule has 1 fully saturated rings. The Morgan fingerprint density at radius 3 is 2.97 bits per heavy atom. The molecule has 1 saturated heterocycles. The van der Waals surface area contributed by atoms with Gasteiger partial charge in [-0.2, -0.15) is 15.3 Å². The molecule has 32 heavy (non-hydrogen) atoms. The van der Waals surface area contributed by atoms with Gasteiger partial charge in [0.25, 0.3) is 0 Å². The predicted molar refractivity (Wildman–Crippen MR) is 118 cm³/mol. The van der Waals surface area contributed by atoms with Crippen LogP contribution in [0.15, 0.2) is 60.0 Å². The van der Waals surface area contributed by atoms with E-state index in [4.69, 9.17) is 4.74 Å². The standard InChI is InChI=1S/C23H25N7O2/c1-28-15-19(14-25-28)30-10-8-22(31)21(26-30)13-17-4-2-5-18(12-17)23-24-16-29(27-23)9-7-20-6-3-11-32-20/h2,4-5,8,10,12,14-16,20H,3,6-7,9,11,13H2,1H3. The van der Waals surface area contributed by atoms with Gasteiger partial charge in [0.1, 0.15) is 17.7 Å². The van der Waals surface area contributed by atoms with Crippen molar-refractivity contribution in [3.05, 3.63) is 76.7 Å². The van der Waals surface area contributed by atoms with Crippen LogP contribution in [0, 0.1) is 0 Å². The van der Waals surface area contributed by atoms with Crippen molar-refractivity contribution in [2.24, 2.45) is 7.05 Å². The van der Waals surface area contributed by atoms with E-state index in [-0.39, 0.29) is 5.43 Å². The summed E-state index contributed by atoms with van der Waals surface area (Å²) in [5.74, 6) is 0.674. The quantitative estimate of drug-likeness (QED) is 0.446. The average Bonchev–Trinajstić information content (AvgIpc) is 3.56. The zero-order valence-corrected chi connectivity index (χ0v) is 18.0. The zero-order chi connectivity index (χ0) is 21.9. The van der Waals surface area contributed by atoms with Gasteiger partial charge in [-0.05, 0) is 30.9 Å². The monoisotopic (exact) mass is 431 g/mol. The van der Waals surface area contributed by atoms with Crippen LogP contribution in [0.25, 0.3) is 17.1 Å². The lowest BCUT2D eigenvalue weighted by Crippen LogP contribution is -2.16. The number of hydrogen-bond donors (Lipinski definition) is 0. The van der Waals surface area contributed by atoms with E-state index in [9.17, 15) is 4.79 Å². The van der Waals surface area contributed by atoms with E-state index in [1.54, 1.807) is 28.1 Å². The summed E-state index contributed by atoms with van der Waals surface area (Å²) in [6.45, 7) is 1.66. The molecule has 0 amide bonds. The van der Waals surface area contributed by atoms with Gasteiger partial charge in [-0.1, -0.05) is 18.2 Å². The van der Waals surface area contributed by atoms with Crippen molar-refractivity contribution < 1.29 is 4.74 Å². The first kappa shape index (κ1) is 20.3. The molecular weight excluding hydrogens is 406 g/mol. The molecule has 1 atom stereocenters. The van der Waals surface area contributed by atoms with Gasteiger partial charge in [-0.15, -0.1) is 0 Å². The lowest BCUT2D eigenvalue weighted by atomic mass is 10.1. The van der Waals surface area contributed by atoms with Crippen LogP contribution in [0.4, 0.5) is 0 Å². The van der Waals surface area contributed by atoms with Gasteiger partial charge in [0.05, 0.1) is 18.5 Å². The second-order valence-electron chi connectivity index (χ2n) is 8.08. The summed E-state index contributed by atoms with van der Waals surface area (Å²) in [5, 5.41) is 13.3. The Morgan fingerprint density at radius 2 is 2.16 bits per heavy atom. The third-order valence-corrected chi connectivity index (χ3v) is 5.63. The maximum atomic E-state index is 12.4. The van der Waals surface area contributed by atoms with Crippen molar-refractivity contribution in [1.29, 1.82) is 0 Å². The second-order valence-corrected chi connectivity index (χ2v) is 8.08. The van der Waals surface area contributed by atoms with Gasteiger partial charge < -0.3 is 4.74 Å². The van der Waals surface area contributed by atoms with E-state index in [0.717, 1.165) is 49.2 Å². The summed E-state index contributed by atoms with van der Waals surface area (Å²) in [7, 11) is 1.84. The van der Waals surface area contributed by atoms with E-state index in [1.165, 1.54) is 6.07 Å². The third-order valence-electron chi connectivity index (χ3n) is 5.63. The molecule has 164 valence electrons. The van der Waals surface area contributed by atoms with Crippen molar-refractivity contribution in [1.82, 2.24) is 34.3 Å². The zero-order valence-electron chi connectivity index (χ0n) is 18.0. The van der Waals surface area contributed by atoms with Crippen LogP contribution in [-0.4, -0.2) is 47.0 Å². The molecule has 9 nitrogen and oxygen atoms in total. The number of rotatable bonds is 7. The summed E-state index contributed by atoms with van der Waals surface area (Å²) in [6, 6.07) is 9.48. The summed E-state index contributed by atoms with van der Waals surface area (Å²) in [6.07, 6.45) is 11.0. The summed E-state index contributed by atoms with van der Waals surface area (Å²) in [5.41, 5.74) is 3.09. The van der Waals surface area contributed by atoms with Gasteiger partial charge in [0.2, 0.25) is 5.43 Å². The van der Waals surface area contributed by atoms with Crippen LogP contribution in [0.2, 0.25) is 0 Å². The molecule has 0 radical (unpaired) electrons. The first-order chi connectivity index (χ1) is 15.6. The Hall–Kier alpha value is -3.59. The summed E-state index contributed by atoms with van der Waals surface area (Å²) in [4.78, 5) is 16.9. The van der Waals surface area contributed by atoms with Crippen molar-refractivity contribution >= 4 is 0 Å². The van der Waals surface area contributed by atoms with Crippen LogP contribution >= 0.6 is 0 Å². The maximum absolute atomic E-state index is 12.4. The Labute approximate surface area is 185 Å². The summed E-state index contributed by atoms with van der Waals surface area (Å²) >= 11 is 0. The molecule has 0 saturated carbocycles. The number of hydrogen-bond acceptors (Lipinski definition) is 6. The fourth-order valence-corrected chi connectivity index (χ4v) is 3.94. The van der Waals surface area contributed by atoms with Gasteiger partial charge in [0, 0.05) is 44.4 Å². The molecule has 0 bridgehead atoms. The Bertz CT molecular complexity index is 1270. The van der Waals surface area contributed by atoms with Crippen LogP contribution in [-0.2, 0) is 24.8 Å². The molecule has 1 aromatic carbocycles. The Morgan fingerprint density at radius 1 is 1.22 bits per heavy atom. The molecule has 1 aliphatic heterocycles. The van der Waals surface area contributed by atoms with Crippen molar-refractivity contribution in [3.8, 4) is 17.1 Å². The molecule has 4 heterocycles. The third kappa shape index (κ3) is 4.52. The van der Waals surface area contributed by atoms with E-state index in [1.807, 2.05) is 42.2 Å². The van der Waals surface area contributed by atoms with Crippen LogP contribution in [0.3, 0.4) is 0 Å². The van der Waals surface area contributed by atoms with Crippen LogP contribution < -0.4 is 5.43 Å². The molecule has 0 N–H and O–H groups in total. The minimum atomic E-state index is -0.0907. The second kappa shape index (κ2) is 8.88. The molecule has 0 aliphatic carbocycles. The summed E-state index contributed by atoms with van der Waals surface area (Å²) < 4.78 is 10.9. The first-order valence-electron chi connectivity index (χ1n) is 10.8. The SMILES string of the molecule is Cn1cc(-n2ccc(=O)c(Cc3cccc(-c4ncn(CCC5CCCO5)n4)c3)n2)cn1. The van der Waals surface area contributed by atoms with E-state index in [0.29, 0.717) is 24.0 Å². The number of nitrogens with zero attached hydrogens (tertiary/aromatic N) is 7. The van der Waals surface area contributed by atoms with Crippen molar-refractivity contribution in [3.63, 3.8) is 0 Å². The average molecular weight is 432 g/mol. The van der Waals surface area contributed by atoms with E-state index < -0.39 is 0 Å². The van der Waals surface area contributed by atoms with Gasteiger partial charge in [-0.3, -0.25) is 14.2 Å². The molecule has 9 heteroatoms. The highest BCUT2D eigenvalue weighted by Crippen LogP contribution is 2.19. The predicted octanol–water partition coefficient (Wildman–Crippen LogP) is 2.38. The fourth-order valence-electron chi connectivity index (χ4n) is 3.94. The highest BCUT2D eigenvalue weighted by atomic mass is 16.5. The topological polar surface area (TPSA) is 92.7 Å². The Balaban J connectivity index is 1.32. The molecule has 5 rings (SSSR count). The first-order valence-corrected chi connectivity index (χ1v) is 10.8. The van der Waals surface area contributed by atoms with E-state index in [2.05, 4.69) is 20.3 Å². The number of ether oxygens (including phenoxy) is 1. The fraction of sp³-hybridized carbons (Fsp3) is 0.348. The number of aromatic nitrogens is 7. The van der Waals surface area contributed by atoms with E-state index >= 15 is 0 Å². The molecule has 0 spiro atoms. The molecule has 4 aromatic rings. The Kier molecular flexibility index (Phi) is 5.64. The minimum absolute atomic E-state index is 0.0907. The molecule has 1 unspecified atom stereocenters. The largest absolute Gasteiger partial charge is 0.378 e. The van der Waals surface area contributed by atoms with Crippen molar-refractivity contribution in [2.45, 2.75) is 38.3 Å². The smallest absolute Gasteiger partial charge is 0.203 e. The minimum Gasteiger partial charge on any atom is -0.378 e. The highest BCUT2D eigenvalue weighted by molar-refractivity contribution is 5.55. The van der Waals surface area contributed by atoms with Crippen LogP contribution in [0.5, 0.6) is 0 Å². The number of benzene rings is 1. The van der Waals surface area contributed by atoms with Gasteiger partial charge in [0.15, 0.2) is 5.82 Å². The maximum Gasteiger partial charge on any atom is 0.203 e. The van der Waals surface area contributed by atoms with Gasteiger partial charge >= 0.3 is 0 Å². The lowest BCUT2D eigenvalue weighted by Gasteiger charge is -2.08. The molecule has 3 aromatic heterocycles. The highest BCUT2D eigenvalue weighted by Gasteiger charge is 2.16.